The van der Waals surface area contributed by atoms with Gasteiger partial charge >= 0.3 is 17.9 Å². The van der Waals surface area contributed by atoms with Gasteiger partial charge in [0.2, 0.25) is 0 Å². The van der Waals surface area contributed by atoms with Crippen LogP contribution in [0.4, 0.5) is 0 Å². The molecule has 0 aliphatic rings. The Morgan fingerprint density at radius 2 is 0.778 bits per heavy atom. The number of rotatable bonds is 38. The minimum atomic E-state index is -0.818. The fraction of sp³-hybridized carbons (Fsp3) is 0.688. The minimum Gasteiger partial charge on any atom is -0.462 e. The van der Waals surface area contributed by atoms with Gasteiger partial charge in [-0.15, -0.1) is 0 Å². The molecule has 0 rings (SSSR count). The van der Waals surface area contributed by atoms with Crippen molar-refractivity contribution in [3.8, 4) is 0 Å². The third-order valence-corrected chi connectivity index (χ3v) is 8.93. The fourth-order valence-corrected chi connectivity index (χ4v) is 5.61. The van der Waals surface area contributed by atoms with Crippen molar-refractivity contribution in [3.63, 3.8) is 0 Å². The lowest BCUT2D eigenvalue weighted by atomic mass is 10.1. The van der Waals surface area contributed by atoms with E-state index in [-0.39, 0.29) is 44.0 Å². The Kier molecular flexibility index (Phi) is 40.1. The Hall–Kier alpha value is -3.15. The summed E-state index contributed by atoms with van der Waals surface area (Å²) in [6, 6.07) is 0. The topological polar surface area (TPSA) is 78.9 Å². The molecule has 6 heteroatoms. The highest BCUT2D eigenvalue weighted by Crippen LogP contribution is 2.11. The molecular formula is C48H80O6. The average molecular weight is 753 g/mol. The summed E-state index contributed by atoms with van der Waals surface area (Å²) in [4.78, 5) is 37.6. The molecule has 54 heavy (non-hydrogen) atoms. The normalized spacial score (nSPS) is 12.7. The predicted octanol–water partition coefficient (Wildman–Crippen LogP) is 13.9. The van der Waals surface area contributed by atoms with Crippen LogP contribution < -0.4 is 0 Å². The van der Waals surface area contributed by atoms with Crippen molar-refractivity contribution in [3.05, 3.63) is 72.9 Å². The van der Waals surface area contributed by atoms with Crippen LogP contribution in [0.25, 0.3) is 0 Å². The molecule has 0 aliphatic carbocycles. The Balaban J connectivity index is 4.53. The molecule has 0 N–H and O–H groups in total. The number of unbranched alkanes of at least 4 members (excludes halogenated alkanes) is 15. The molecule has 0 radical (unpaired) electrons. The minimum absolute atomic E-state index is 0.113. The van der Waals surface area contributed by atoms with E-state index in [1.807, 2.05) is 6.08 Å². The van der Waals surface area contributed by atoms with Gasteiger partial charge in [0.15, 0.2) is 6.10 Å². The van der Waals surface area contributed by atoms with Crippen LogP contribution in [-0.4, -0.2) is 37.2 Å². The summed E-state index contributed by atoms with van der Waals surface area (Å²) in [5, 5.41) is 0. The van der Waals surface area contributed by atoms with E-state index in [0.29, 0.717) is 19.3 Å². The van der Waals surface area contributed by atoms with Crippen molar-refractivity contribution < 1.29 is 28.6 Å². The van der Waals surface area contributed by atoms with Crippen LogP contribution in [0.2, 0.25) is 0 Å². The van der Waals surface area contributed by atoms with Crippen molar-refractivity contribution in [2.45, 2.75) is 200 Å². The van der Waals surface area contributed by atoms with Gasteiger partial charge in [-0.05, 0) is 89.9 Å². The van der Waals surface area contributed by atoms with Gasteiger partial charge < -0.3 is 14.2 Å². The van der Waals surface area contributed by atoms with E-state index in [1.165, 1.54) is 64.2 Å². The zero-order chi connectivity index (χ0) is 39.4. The van der Waals surface area contributed by atoms with Crippen LogP contribution in [0.5, 0.6) is 0 Å². The van der Waals surface area contributed by atoms with Gasteiger partial charge in [-0.25, -0.2) is 0 Å². The van der Waals surface area contributed by atoms with E-state index < -0.39 is 6.10 Å². The molecule has 0 saturated carbocycles. The highest BCUT2D eigenvalue weighted by molar-refractivity contribution is 5.71. The van der Waals surface area contributed by atoms with E-state index in [0.717, 1.165) is 77.0 Å². The molecule has 0 fully saturated rings. The highest BCUT2D eigenvalue weighted by Gasteiger charge is 2.19. The van der Waals surface area contributed by atoms with Crippen LogP contribution in [0.15, 0.2) is 72.9 Å². The summed E-state index contributed by atoms with van der Waals surface area (Å²) in [6.45, 7) is 6.35. The number of hydrogen-bond acceptors (Lipinski definition) is 6. The van der Waals surface area contributed by atoms with Gasteiger partial charge in [0.05, 0.1) is 0 Å². The van der Waals surface area contributed by atoms with Crippen LogP contribution in [0.1, 0.15) is 194 Å². The van der Waals surface area contributed by atoms with Crippen molar-refractivity contribution in [2.24, 2.45) is 0 Å². The maximum absolute atomic E-state index is 12.7. The van der Waals surface area contributed by atoms with Crippen LogP contribution >= 0.6 is 0 Å². The molecule has 308 valence electrons. The van der Waals surface area contributed by atoms with Crippen molar-refractivity contribution >= 4 is 17.9 Å². The Bertz CT molecular complexity index is 1050. The summed E-state index contributed by atoms with van der Waals surface area (Å²) < 4.78 is 16.6. The van der Waals surface area contributed by atoms with E-state index in [9.17, 15) is 14.4 Å². The number of ether oxygens (including phenoxy) is 3. The smallest absolute Gasteiger partial charge is 0.306 e. The van der Waals surface area contributed by atoms with E-state index in [4.69, 9.17) is 14.2 Å². The Morgan fingerprint density at radius 3 is 1.35 bits per heavy atom. The van der Waals surface area contributed by atoms with Crippen LogP contribution in [0, 0.1) is 0 Å². The van der Waals surface area contributed by atoms with Crippen LogP contribution in [-0.2, 0) is 28.6 Å². The van der Waals surface area contributed by atoms with Gasteiger partial charge in [0, 0.05) is 19.3 Å². The van der Waals surface area contributed by atoms with Gasteiger partial charge in [0.1, 0.15) is 13.2 Å². The largest absolute Gasteiger partial charge is 0.462 e. The second-order valence-electron chi connectivity index (χ2n) is 14.2. The number of esters is 3. The molecule has 0 aromatic rings. The number of allylic oxidation sites excluding steroid dienone is 12. The highest BCUT2D eigenvalue weighted by atomic mass is 16.6. The molecule has 0 bridgehead atoms. The first-order valence-corrected chi connectivity index (χ1v) is 21.9. The maximum atomic E-state index is 12.7. The van der Waals surface area contributed by atoms with Crippen molar-refractivity contribution in [1.29, 1.82) is 0 Å². The molecule has 0 aromatic carbocycles. The molecular weight excluding hydrogens is 673 g/mol. The molecule has 0 aliphatic heterocycles. The van der Waals surface area contributed by atoms with E-state index in [2.05, 4.69) is 87.6 Å². The number of carbonyl (C=O) groups excluding carboxylic acids is 3. The van der Waals surface area contributed by atoms with Gasteiger partial charge in [-0.1, -0.05) is 158 Å². The molecule has 0 spiro atoms. The predicted molar refractivity (Wildman–Crippen MR) is 228 cm³/mol. The second-order valence-corrected chi connectivity index (χ2v) is 14.2. The monoisotopic (exact) mass is 753 g/mol. The summed E-state index contributed by atoms with van der Waals surface area (Å²) in [6.07, 6.45) is 51.9. The molecule has 0 heterocycles. The lowest BCUT2D eigenvalue weighted by Gasteiger charge is -2.18. The summed E-state index contributed by atoms with van der Waals surface area (Å²) in [5.41, 5.74) is 0. The van der Waals surface area contributed by atoms with Crippen molar-refractivity contribution in [2.75, 3.05) is 13.2 Å². The maximum Gasteiger partial charge on any atom is 0.306 e. The summed E-state index contributed by atoms with van der Waals surface area (Å²) in [7, 11) is 0. The quantitative estimate of drug-likeness (QED) is 0.0270. The number of carbonyl (C=O) groups is 3. The molecule has 1 unspecified atom stereocenters. The van der Waals surface area contributed by atoms with Crippen molar-refractivity contribution in [1.82, 2.24) is 0 Å². The second kappa shape index (κ2) is 42.6. The third kappa shape index (κ3) is 40.0. The van der Waals surface area contributed by atoms with E-state index >= 15 is 0 Å². The summed E-state index contributed by atoms with van der Waals surface area (Å²) in [5.74, 6) is -1.04. The Morgan fingerprint density at radius 1 is 0.389 bits per heavy atom. The van der Waals surface area contributed by atoms with Crippen LogP contribution in [0.3, 0.4) is 0 Å². The zero-order valence-electron chi connectivity index (χ0n) is 35.0. The zero-order valence-corrected chi connectivity index (χ0v) is 35.0. The third-order valence-electron chi connectivity index (χ3n) is 8.93. The average Bonchev–Trinajstić information content (AvgIpc) is 3.17. The first-order valence-electron chi connectivity index (χ1n) is 21.9. The first-order chi connectivity index (χ1) is 26.5. The lowest BCUT2D eigenvalue weighted by molar-refractivity contribution is -0.166. The molecule has 0 amide bonds. The van der Waals surface area contributed by atoms with Gasteiger partial charge in [-0.2, -0.15) is 0 Å². The SMILES string of the molecule is CC/C=C\C/C=C\C/C=C\CCCCC(=O)OC(COC(=O)CC/C=C\C/C=C\CCCCCCCC)COC(=O)CCCCCCC/C=C\CCCC. The molecule has 0 saturated heterocycles. The first kappa shape index (κ1) is 50.9. The lowest BCUT2D eigenvalue weighted by Crippen LogP contribution is -2.30. The standard InChI is InChI=1S/C48H80O6/c1-4-7-10-13-16-19-22-24-27-29-32-35-38-41-47(50)53-44-45(43-52-46(49)40-37-34-31-28-25-21-18-15-12-9-6-3)54-48(51)42-39-36-33-30-26-23-20-17-14-11-8-5-2/h8,11,15,17-18,20,24,26-27,30,32,35,45H,4-7,9-10,12-14,16,19,21-23,25,28-29,31,33-34,36-44H2,1-3H3/b11-8-,18-15-,20-17-,27-24-,30-26-,35-32-. The summed E-state index contributed by atoms with van der Waals surface area (Å²) >= 11 is 0. The molecule has 0 aromatic heterocycles. The van der Waals surface area contributed by atoms with Gasteiger partial charge in [0.25, 0.3) is 0 Å². The Labute approximate surface area is 332 Å². The fourth-order valence-electron chi connectivity index (χ4n) is 5.61. The molecule has 1 atom stereocenters. The molecule has 6 nitrogen and oxygen atoms in total. The van der Waals surface area contributed by atoms with E-state index in [1.54, 1.807) is 0 Å². The number of hydrogen-bond donors (Lipinski definition) is 0. The van der Waals surface area contributed by atoms with Gasteiger partial charge in [-0.3, -0.25) is 14.4 Å².